The zero-order valence-electron chi connectivity index (χ0n) is 36.3. The van der Waals surface area contributed by atoms with Crippen molar-refractivity contribution in [2.75, 3.05) is 33.9 Å². The van der Waals surface area contributed by atoms with E-state index in [1.54, 1.807) is 6.07 Å². The van der Waals surface area contributed by atoms with Crippen LogP contribution in [0.5, 0.6) is 34.5 Å². The van der Waals surface area contributed by atoms with Crippen molar-refractivity contribution in [1.29, 1.82) is 15.8 Å². The molecular formula is C38H34LiN9O23. The number of rotatable bonds is 14. The molecule has 0 radical (unpaired) electrons. The fraction of sp³-hybridized carbons (Fsp3) is 0.132. The van der Waals surface area contributed by atoms with Gasteiger partial charge in [-0.2, -0.15) is 15.8 Å². The third kappa shape index (κ3) is 21.7. The molecule has 32 nitrogen and oxygen atoms in total. The molecule has 3 rings (SSSR count). The van der Waals surface area contributed by atoms with Crippen molar-refractivity contribution in [1.82, 2.24) is 10.6 Å². The summed E-state index contributed by atoms with van der Waals surface area (Å²) in [5.74, 6) is -11.0. The molecule has 13 N–H and O–H groups in total. The summed E-state index contributed by atoms with van der Waals surface area (Å²) >= 11 is 0. The van der Waals surface area contributed by atoms with Gasteiger partial charge in [0.1, 0.15) is 48.0 Å². The second-order valence-electron chi connectivity index (χ2n) is 11.9. The molecule has 0 bridgehead atoms. The smallest absolute Gasteiger partial charge is 0.870 e. The van der Waals surface area contributed by atoms with Crippen molar-refractivity contribution in [3.8, 4) is 52.7 Å². The molecule has 71 heavy (non-hydrogen) atoms. The van der Waals surface area contributed by atoms with Crippen molar-refractivity contribution in [3.05, 3.63) is 100 Å². The Morgan fingerprint density at radius 3 is 1.11 bits per heavy atom. The Balaban J connectivity index is -0.000000914. The second kappa shape index (κ2) is 31.6. The summed E-state index contributed by atoms with van der Waals surface area (Å²) in [5, 5.41) is 135. The number of benzene rings is 3. The van der Waals surface area contributed by atoms with Gasteiger partial charge >= 0.3 is 59.8 Å². The fourth-order valence-electron chi connectivity index (χ4n) is 4.14. The number of nitro groups is 3. The summed E-state index contributed by atoms with van der Waals surface area (Å²) in [5.41, 5.74) is 0.532. The number of hydrogen-bond donors (Lipinski definition) is 11. The van der Waals surface area contributed by atoms with Gasteiger partial charge < -0.3 is 72.2 Å². The van der Waals surface area contributed by atoms with Crippen LogP contribution in [0.15, 0.2) is 53.1 Å². The van der Waals surface area contributed by atoms with E-state index in [1.807, 2.05) is 5.32 Å². The summed E-state index contributed by atoms with van der Waals surface area (Å²) in [6.45, 7) is -1.20. The summed E-state index contributed by atoms with van der Waals surface area (Å²) in [7, 11) is 2.42. The number of nitro benzene ring substituents is 3. The van der Waals surface area contributed by atoms with Crippen molar-refractivity contribution in [2.24, 2.45) is 5.73 Å². The molecule has 33 heteroatoms. The number of nitriles is 3. The first-order valence-electron chi connectivity index (χ1n) is 17.5. The van der Waals surface area contributed by atoms with E-state index in [1.165, 1.54) is 19.2 Å². The van der Waals surface area contributed by atoms with E-state index in [4.69, 9.17) is 31.7 Å². The number of esters is 2. The van der Waals surface area contributed by atoms with Gasteiger partial charge in [0.2, 0.25) is 17.2 Å². The van der Waals surface area contributed by atoms with Gasteiger partial charge in [0.25, 0.3) is 11.8 Å². The van der Waals surface area contributed by atoms with Crippen LogP contribution in [-0.4, -0.2) is 131 Å². The van der Waals surface area contributed by atoms with E-state index in [0.29, 0.717) is 0 Å². The minimum atomic E-state index is -1.51. The number of carboxylic acid groups (broad SMARTS) is 2. The fourth-order valence-corrected chi connectivity index (χ4v) is 4.14. The normalized spacial score (nSPS) is 10.1. The molecule has 0 aromatic heterocycles. The van der Waals surface area contributed by atoms with Crippen LogP contribution in [0.3, 0.4) is 0 Å². The molecule has 0 aliphatic carbocycles. The Morgan fingerprint density at radius 1 is 0.592 bits per heavy atom. The molecule has 0 saturated heterocycles. The maximum atomic E-state index is 11.7. The van der Waals surface area contributed by atoms with E-state index >= 15 is 0 Å². The van der Waals surface area contributed by atoms with E-state index in [2.05, 4.69) is 14.8 Å². The van der Waals surface area contributed by atoms with Crippen LogP contribution in [0, 0.1) is 64.3 Å². The number of nitrogens with one attached hydrogen (secondary N) is 2. The summed E-state index contributed by atoms with van der Waals surface area (Å²) in [6.07, 6.45) is 2.70. The van der Waals surface area contributed by atoms with E-state index in [9.17, 15) is 89.7 Å². The Hall–Kier alpha value is -10.3. The topological polar surface area (TPSA) is 564 Å². The van der Waals surface area contributed by atoms with Crippen LogP contribution in [0.1, 0.15) is 16.7 Å². The zero-order chi connectivity index (χ0) is 53.3. The number of methoxy groups -OCH3 is 2. The van der Waals surface area contributed by atoms with Gasteiger partial charge in [0, 0.05) is 18.2 Å². The number of aliphatic carboxylic acids is 2. The second-order valence-corrected chi connectivity index (χ2v) is 11.9. The minimum Gasteiger partial charge on any atom is -0.870 e. The van der Waals surface area contributed by atoms with Crippen LogP contribution in [0.4, 0.5) is 17.1 Å². The largest absolute Gasteiger partial charge is 1.00 e. The zero-order valence-corrected chi connectivity index (χ0v) is 36.3. The average molecular weight is 992 g/mol. The Labute approximate surface area is 407 Å². The first-order chi connectivity index (χ1) is 32.2. The summed E-state index contributed by atoms with van der Waals surface area (Å²) < 4.78 is 8.45. The van der Waals surface area contributed by atoms with Crippen LogP contribution in [0.25, 0.3) is 18.2 Å². The molecule has 0 unspecified atom stereocenters. The number of carboxylic acids is 2. The molecule has 0 heterocycles. The van der Waals surface area contributed by atoms with Crippen molar-refractivity contribution < 1.29 is 118 Å². The standard InChI is InChI=1S/C13H11N3O7.C12H9N3O7.C10H6N2O6.C3H7NO2.Li.H2O/c1-23-11(18)6-15-13(20)8(5-14)2-7-3-9(16(21)22)12(19)10(17)4-7;13-4-7(12(20)14-5-10(17)18)1-6-2-8(15(21)22)11(19)9(16)3-6;11-4-6(10(15)16)1-5-2-7(12(17)18)9(14)8(13)3-5;1-6-3(5)2-4;;/h2-4,17,19H,6H2,1H3,(H,15,20);1-3,16,19H,5H2,(H,14,20)(H,17,18);1-3,13-14H,(H,15,16);2,4H2,1H3;;1H2/q;;;;+1;/p-1/b8-2+;7-1+;6-1+;;;. The number of carbonyl (C=O) groups excluding carboxylic acids is 4. The van der Waals surface area contributed by atoms with Gasteiger partial charge in [0.15, 0.2) is 17.2 Å². The first kappa shape index (κ1) is 65.0. The number of phenols is 6. The summed E-state index contributed by atoms with van der Waals surface area (Å²) in [6, 6.07) is 9.75. The van der Waals surface area contributed by atoms with E-state index in [0.717, 1.165) is 61.7 Å². The predicted molar refractivity (Wildman–Crippen MR) is 226 cm³/mol. The third-order valence-corrected chi connectivity index (χ3v) is 7.30. The van der Waals surface area contributed by atoms with E-state index in [-0.39, 0.29) is 53.5 Å². The van der Waals surface area contributed by atoms with Crippen LogP contribution >= 0.6 is 0 Å². The first-order valence-corrected chi connectivity index (χ1v) is 17.5. The number of phenolic OH excluding ortho intramolecular Hbond substituents is 6. The van der Waals surface area contributed by atoms with Gasteiger partial charge in [-0.15, -0.1) is 0 Å². The Bertz CT molecular complexity index is 2770. The number of carbonyl (C=O) groups is 6. The Kier molecular flexibility index (Phi) is 28.9. The number of nitrogens with zero attached hydrogens (tertiary/aromatic N) is 6. The predicted octanol–water partition coefficient (Wildman–Crippen LogP) is -2.74. The SMILES string of the molecule is COC(=O)CN.COC(=O)CNC(=O)/C(C#N)=C/c1cc(O)c(O)c([N+](=O)[O-])c1.N#C/C(=C\c1cc(O)c(O)c([N+](=O)[O-])c1)C(=O)NCC(=O)O.N#C/C(=C\c1cc(O)c(O)c([N+](=O)[O-])c1)C(=O)O.[Li+].[OH-]. The molecule has 0 saturated carbocycles. The molecule has 0 aliphatic rings. The van der Waals surface area contributed by atoms with Crippen molar-refractivity contribution in [3.63, 3.8) is 0 Å². The third-order valence-electron chi connectivity index (χ3n) is 7.30. The van der Waals surface area contributed by atoms with Gasteiger partial charge in [-0.1, -0.05) is 0 Å². The van der Waals surface area contributed by atoms with Gasteiger partial charge in [-0.3, -0.25) is 54.3 Å². The molecular weight excluding hydrogens is 957 g/mol. The average Bonchev–Trinajstić information content (AvgIpc) is 3.30. The van der Waals surface area contributed by atoms with Crippen molar-refractivity contribution >= 4 is 71.0 Å². The van der Waals surface area contributed by atoms with Gasteiger partial charge in [0.05, 0.1) is 35.5 Å². The monoisotopic (exact) mass is 991 g/mol. The van der Waals surface area contributed by atoms with Gasteiger partial charge in [-0.25, -0.2) is 4.79 Å². The van der Waals surface area contributed by atoms with Crippen LogP contribution in [0.2, 0.25) is 0 Å². The Morgan fingerprint density at radius 2 is 0.887 bits per heavy atom. The maximum Gasteiger partial charge on any atom is 1.00 e. The number of aromatic hydroxyl groups is 6. The molecule has 370 valence electrons. The molecule has 0 fully saturated rings. The van der Waals surface area contributed by atoms with Gasteiger partial charge in [-0.05, 0) is 53.1 Å². The van der Waals surface area contributed by atoms with E-state index < -0.39 is 126 Å². The number of amides is 2. The van der Waals surface area contributed by atoms with Crippen LogP contribution < -0.4 is 35.2 Å². The quantitative estimate of drug-likeness (QED) is 0.0148. The minimum absolute atomic E-state index is 0. The molecule has 0 spiro atoms. The molecule has 3 aromatic rings. The maximum absolute atomic E-state index is 11.7. The number of hydrogen-bond acceptors (Lipinski definition) is 25. The summed E-state index contributed by atoms with van der Waals surface area (Å²) in [4.78, 5) is 94.0. The molecule has 0 aliphatic heterocycles. The number of ether oxygens (including phenoxy) is 2. The molecule has 3 aromatic carbocycles. The molecule has 2 amide bonds. The van der Waals surface area contributed by atoms with Crippen molar-refractivity contribution in [2.45, 2.75) is 0 Å². The molecule has 0 atom stereocenters. The van der Waals surface area contributed by atoms with Crippen LogP contribution in [-0.2, 0) is 38.2 Å². The number of nitrogens with two attached hydrogens (primary N) is 1.